The third kappa shape index (κ3) is 4.16. The lowest BCUT2D eigenvalue weighted by molar-refractivity contribution is -0.140. The van der Waals surface area contributed by atoms with Gasteiger partial charge in [-0.3, -0.25) is 9.36 Å². The number of carbonyl (C=O) groups excluding carboxylic acids is 1. The van der Waals surface area contributed by atoms with Gasteiger partial charge in [0.2, 0.25) is 0 Å². The molecule has 0 aliphatic rings. The first-order valence-electron chi connectivity index (χ1n) is 6.20. The molecule has 7 heteroatoms. The molecule has 1 aromatic carbocycles. The van der Waals surface area contributed by atoms with Crippen molar-refractivity contribution in [3.8, 4) is 0 Å². The maximum Gasteiger partial charge on any atom is 0.349 e. The van der Waals surface area contributed by atoms with E-state index in [1.807, 2.05) is 0 Å². The minimum atomic E-state index is -3.63. The number of hydrogen-bond acceptors (Lipinski definition) is 5. The SMILES string of the molecule is CCOP(=O)(OCC)[C@@H](C(=O)OC)c1ccc(Br)cc1. The molecule has 0 aromatic heterocycles. The van der Waals surface area contributed by atoms with Gasteiger partial charge >= 0.3 is 13.6 Å². The van der Waals surface area contributed by atoms with Crippen LogP contribution in [0.15, 0.2) is 28.7 Å². The molecule has 0 unspecified atom stereocenters. The lowest BCUT2D eigenvalue weighted by atomic mass is 10.1. The number of hydrogen-bond donors (Lipinski definition) is 0. The minimum absolute atomic E-state index is 0.182. The number of carbonyl (C=O) groups is 1. The van der Waals surface area contributed by atoms with E-state index in [4.69, 9.17) is 13.8 Å². The third-order valence-electron chi connectivity index (χ3n) is 2.54. The van der Waals surface area contributed by atoms with Crippen LogP contribution in [0.1, 0.15) is 25.1 Å². The molecule has 1 atom stereocenters. The predicted octanol–water partition coefficient (Wildman–Crippen LogP) is 3.93. The van der Waals surface area contributed by atoms with E-state index in [1.54, 1.807) is 38.1 Å². The largest absolute Gasteiger partial charge is 0.468 e. The van der Waals surface area contributed by atoms with E-state index in [0.29, 0.717) is 5.56 Å². The minimum Gasteiger partial charge on any atom is -0.468 e. The zero-order valence-electron chi connectivity index (χ0n) is 11.7. The molecule has 20 heavy (non-hydrogen) atoms. The molecule has 1 rings (SSSR count). The maximum absolute atomic E-state index is 12.8. The van der Waals surface area contributed by atoms with Crippen LogP contribution in [0.2, 0.25) is 0 Å². The first-order valence-corrected chi connectivity index (χ1v) is 8.61. The Labute approximate surface area is 127 Å². The van der Waals surface area contributed by atoms with Gasteiger partial charge in [-0.15, -0.1) is 0 Å². The highest BCUT2D eigenvalue weighted by Crippen LogP contribution is 2.61. The Bertz CT molecular complexity index is 478. The second-order valence-corrected chi connectivity index (χ2v) is 6.88. The summed E-state index contributed by atoms with van der Waals surface area (Å²) in [5.41, 5.74) is -0.550. The summed E-state index contributed by atoms with van der Waals surface area (Å²) < 4.78 is 29.0. The second-order valence-electron chi connectivity index (χ2n) is 3.85. The summed E-state index contributed by atoms with van der Waals surface area (Å²) in [6.07, 6.45) is 0. The van der Waals surface area contributed by atoms with Gasteiger partial charge in [0, 0.05) is 4.47 Å². The van der Waals surface area contributed by atoms with Crippen LogP contribution in [0.4, 0.5) is 0 Å². The van der Waals surface area contributed by atoms with Crippen molar-refractivity contribution in [1.29, 1.82) is 0 Å². The molecular weight excluding hydrogens is 347 g/mol. The number of halogens is 1. The molecule has 0 aliphatic heterocycles. The summed E-state index contributed by atoms with van der Waals surface area (Å²) >= 11 is 3.31. The van der Waals surface area contributed by atoms with Crippen molar-refractivity contribution in [1.82, 2.24) is 0 Å². The van der Waals surface area contributed by atoms with Gasteiger partial charge in [0.15, 0.2) is 5.66 Å². The van der Waals surface area contributed by atoms with Crippen LogP contribution in [0.3, 0.4) is 0 Å². The van der Waals surface area contributed by atoms with Crippen molar-refractivity contribution in [2.75, 3.05) is 20.3 Å². The highest BCUT2D eigenvalue weighted by Gasteiger charge is 2.43. The van der Waals surface area contributed by atoms with Crippen LogP contribution in [0, 0.1) is 0 Å². The summed E-state index contributed by atoms with van der Waals surface area (Å²) in [5.74, 6) is -0.641. The van der Waals surface area contributed by atoms with Crippen molar-refractivity contribution >= 4 is 29.5 Å². The molecule has 112 valence electrons. The summed E-state index contributed by atoms with van der Waals surface area (Å²) in [5, 5.41) is 0. The van der Waals surface area contributed by atoms with Gasteiger partial charge in [-0.25, -0.2) is 0 Å². The van der Waals surface area contributed by atoms with E-state index in [9.17, 15) is 9.36 Å². The Hall–Kier alpha value is -0.680. The van der Waals surface area contributed by atoms with Crippen LogP contribution in [-0.4, -0.2) is 26.3 Å². The van der Waals surface area contributed by atoms with E-state index in [2.05, 4.69) is 15.9 Å². The molecule has 0 amide bonds. The Morgan fingerprint density at radius 1 is 1.20 bits per heavy atom. The lowest BCUT2D eigenvalue weighted by Gasteiger charge is -2.24. The Kier molecular flexibility index (Phi) is 6.89. The van der Waals surface area contributed by atoms with Crippen LogP contribution < -0.4 is 0 Å². The molecule has 0 heterocycles. The highest BCUT2D eigenvalue weighted by molar-refractivity contribution is 9.10. The molecular formula is C13H18BrO5P. The van der Waals surface area contributed by atoms with E-state index in [-0.39, 0.29) is 13.2 Å². The first kappa shape index (κ1) is 17.4. The quantitative estimate of drug-likeness (QED) is 0.541. The van der Waals surface area contributed by atoms with E-state index in [0.717, 1.165) is 4.47 Å². The van der Waals surface area contributed by atoms with E-state index in [1.165, 1.54) is 7.11 Å². The highest BCUT2D eigenvalue weighted by atomic mass is 79.9. The smallest absolute Gasteiger partial charge is 0.349 e. The van der Waals surface area contributed by atoms with Crippen molar-refractivity contribution in [3.63, 3.8) is 0 Å². The topological polar surface area (TPSA) is 61.8 Å². The first-order chi connectivity index (χ1) is 9.48. The summed E-state index contributed by atoms with van der Waals surface area (Å²) in [7, 11) is -2.38. The molecule has 0 radical (unpaired) electrons. The fourth-order valence-corrected chi connectivity index (χ4v) is 4.01. The molecule has 1 aromatic rings. The van der Waals surface area contributed by atoms with E-state index < -0.39 is 19.2 Å². The molecule has 0 saturated heterocycles. The predicted molar refractivity (Wildman–Crippen MR) is 79.8 cm³/mol. The lowest BCUT2D eigenvalue weighted by Crippen LogP contribution is -2.17. The molecule has 0 saturated carbocycles. The van der Waals surface area contributed by atoms with Crippen molar-refractivity contribution < 1.29 is 23.1 Å². The number of benzene rings is 1. The van der Waals surface area contributed by atoms with Gasteiger partial charge in [0.1, 0.15) is 0 Å². The molecule has 0 N–H and O–H groups in total. The van der Waals surface area contributed by atoms with Crippen molar-refractivity contribution in [2.45, 2.75) is 19.5 Å². The molecule has 0 fully saturated rings. The average molecular weight is 365 g/mol. The monoisotopic (exact) mass is 364 g/mol. The Balaban J connectivity index is 3.26. The molecule has 0 bridgehead atoms. The van der Waals surface area contributed by atoms with Gasteiger partial charge in [-0.05, 0) is 31.5 Å². The van der Waals surface area contributed by atoms with Gasteiger partial charge in [-0.2, -0.15) is 0 Å². The second kappa shape index (κ2) is 7.93. The Morgan fingerprint density at radius 3 is 2.10 bits per heavy atom. The fourth-order valence-electron chi connectivity index (χ4n) is 1.75. The van der Waals surface area contributed by atoms with Crippen LogP contribution >= 0.6 is 23.5 Å². The van der Waals surface area contributed by atoms with Gasteiger partial charge in [0.05, 0.1) is 20.3 Å². The number of esters is 1. The number of rotatable bonds is 7. The van der Waals surface area contributed by atoms with Crippen molar-refractivity contribution in [3.05, 3.63) is 34.3 Å². The van der Waals surface area contributed by atoms with Crippen molar-refractivity contribution in [2.24, 2.45) is 0 Å². The number of ether oxygens (including phenoxy) is 1. The van der Waals surface area contributed by atoms with Crippen LogP contribution in [0.5, 0.6) is 0 Å². The van der Waals surface area contributed by atoms with Crippen LogP contribution in [0.25, 0.3) is 0 Å². The fraction of sp³-hybridized carbons (Fsp3) is 0.462. The Morgan fingerprint density at radius 2 is 1.70 bits per heavy atom. The summed E-state index contributed by atoms with van der Waals surface area (Å²) in [4.78, 5) is 12.0. The van der Waals surface area contributed by atoms with Gasteiger partial charge in [-0.1, -0.05) is 28.1 Å². The third-order valence-corrected chi connectivity index (χ3v) is 5.45. The summed E-state index contributed by atoms with van der Waals surface area (Å²) in [6, 6.07) is 6.90. The zero-order chi connectivity index (χ0) is 15.2. The van der Waals surface area contributed by atoms with E-state index >= 15 is 0 Å². The van der Waals surface area contributed by atoms with Gasteiger partial charge < -0.3 is 13.8 Å². The van der Waals surface area contributed by atoms with Gasteiger partial charge in [0.25, 0.3) is 0 Å². The summed E-state index contributed by atoms with van der Waals surface area (Å²) in [6.45, 7) is 3.76. The normalized spacial score (nSPS) is 13.0. The molecule has 0 aliphatic carbocycles. The standard InChI is InChI=1S/C13H18BrO5P/c1-4-18-20(16,19-5-2)12(13(15)17-3)10-6-8-11(14)9-7-10/h6-9,12H,4-5H2,1-3H3/t12-/m1/s1. The zero-order valence-corrected chi connectivity index (χ0v) is 14.1. The number of methoxy groups -OCH3 is 1. The molecule has 0 spiro atoms. The van der Waals surface area contributed by atoms with Crippen LogP contribution in [-0.2, 0) is 23.1 Å². The molecule has 5 nitrogen and oxygen atoms in total. The average Bonchev–Trinajstić information content (AvgIpc) is 2.41. The maximum atomic E-state index is 12.8.